The van der Waals surface area contributed by atoms with Crippen LogP contribution in [0.3, 0.4) is 0 Å². The SMILES string of the molecule is Cc1ncsc1-c1ccc(CNC(=O)[C@@H]2C[C@@H](O)CN2C(=O)[C@@H](NC(=O)[C@H]2CC3(C2)C[C@H](N2CCC(c4cnc(N5CCc6[nH]c7nnc(-c8ccccc8O)cc7c6[C@H]5C)nc4)CC2)C3)C(C)(C)C)cc1. The maximum atomic E-state index is 14.3. The van der Waals surface area contributed by atoms with Gasteiger partial charge in [0.15, 0.2) is 5.65 Å². The minimum absolute atomic E-state index is 0.0137. The minimum atomic E-state index is -0.841. The molecule has 6 aromatic rings. The Morgan fingerprint density at radius 1 is 0.944 bits per heavy atom. The van der Waals surface area contributed by atoms with Crippen molar-refractivity contribution in [2.24, 2.45) is 16.7 Å². The molecule has 16 nitrogen and oxygen atoms in total. The van der Waals surface area contributed by atoms with Crippen LogP contribution in [-0.4, -0.2) is 118 Å². The molecular weight excluding hydrogens is 927 g/mol. The predicted molar refractivity (Wildman–Crippen MR) is 276 cm³/mol. The van der Waals surface area contributed by atoms with Crippen LogP contribution < -0.4 is 15.5 Å². The summed E-state index contributed by atoms with van der Waals surface area (Å²) in [7, 11) is 0. The van der Waals surface area contributed by atoms with E-state index in [4.69, 9.17) is 9.97 Å². The zero-order chi connectivity index (χ0) is 50.1. The summed E-state index contributed by atoms with van der Waals surface area (Å²) in [4.78, 5) is 66.9. The first-order valence-corrected chi connectivity index (χ1v) is 26.5. The highest BCUT2D eigenvalue weighted by Crippen LogP contribution is 2.60. The minimum Gasteiger partial charge on any atom is -0.507 e. The Bertz CT molecular complexity index is 2980. The summed E-state index contributed by atoms with van der Waals surface area (Å²) in [5.41, 5.74) is 9.89. The molecule has 2 saturated carbocycles. The van der Waals surface area contributed by atoms with E-state index in [9.17, 15) is 24.6 Å². The summed E-state index contributed by atoms with van der Waals surface area (Å²) >= 11 is 1.59. The van der Waals surface area contributed by atoms with Crippen molar-refractivity contribution in [3.63, 3.8) is 0 Å². The smallest absolute Gasteiger partial charge is 0.246 e. The molecule has 5 aliphatic rings. The number of thiazole rings is 1. The van der Waals surface area contributed by atoms with Crippen LogP contribution >= 0.6 is 11.3 Å². The largest absolute Gasteiger partial charge is 0.507 e. The van der Waals surface area contributed by atoms with Gasteiger partial charge >= 0.3 is 0 Å². The second kappa shape index (κ2) is 19.0. The number of nitrogens with zero attached hydrogens (tertiary/aromatic N) is 8. The number of likely N-dealkylation sites (tertiary alicyclic amines) is 2. The summed E-state index contributed by atoms with van der Waals surface area (Å²) in [5, 5.41) is 37.2. The van der Waals surface area contributed by atoms with Crippen molar-refractivity contribution in [1.82, 2.24) is 50.6 Å². The summed E-state index contributed by atoms with van der Waals surface area (Å²) in [6.07, 6.45) is 10.1. The number of aryl methyl sites for hydroxylation is 1. The second-order valence-electron chi connectivity index (χ2n) is 22.3. The number of rotatable bonds is 11. The standard InChI is InChI=1S/C55H65N11O5S/c1-31-47(72-30-59-31)35-12-10-33(11-13-35)26-56-51(70)44-20-39(67)29-66(44)52(71)48(54(3,4)5)61-50(69)36-22-55(23-36)24-38(25-55)64-17-14-34(15-18-64)37-27-57-53(58-28-37)65-19-16-42-46(32(65)2)41-21-43(62-63-49(41)60-42)40-8-6-7-9-45(40)68/h6-13,21,27-28,30,32,34,36,38-39,44,48,67-68H,14-20,22-26,29H2,1-5H3,(H,56,70)(H,60,63)(H,61,69)/t32-,36-,38-,39-,44+,48-,55?/m1/s1. The van der Waals surface area contributed by atoms with E-state index in [0.29, 0.717) is 29.8 Å². The molecule has 3 aliphatic heterocycles. The molecule has 72 heavy (non-hydrogen) atoms. The average molecular weight is 992 g/mol. The Balaban J connectivity index is 0.644. The third-order valence-electron chi connectivity index (χ3n) is 16.5. The van der Waals surface area contributed by atoms with Crippen molar-refractivity contribution in [3.05, 3.63) is 101 Å². The monoisotopic (exact) mass is 991 g/mol. The van der Waals surface area contributed by atoms with Gasteiger partial charge in [-0.1, -0.05) is 57.2 Å². The van der Waals surface area contributed by atoms with E-state index in [2.05, 4.69) is 47.5 Å². The Morgan fingerprint density at radius 3 is 2.38 bits per heavy atom. The van der Waals surface area contributed by atoms with Gasteiger partial charge in [-0.2, -0.15) is 0 Å². The van der Waals surface area contributed by atoms with Crippen molar-refractivity contribution in [1.29, 1.82) is 0 Å². The molecule has 11 rings (SSSR count). The first-order chi connectivity index (χ1) is 34.6. The van der Waals surface area contributed by atoms with Gasteiger partial charge in [0.05, 0.1) is 33.9 Å². The fourth-order valence-electron chi connectivity index (χ4n) is 12.4. The molecule has 2 aliphatic carbocycles. The van der Waals surface area contributed by atoms with E-state index in [0.717, 1.165) is 115 Å². The topological polar surface area (TPSA) is 206 Å². The Kier molecular flexibility index (Phi) is 12.6. The summed E-state index contributed by atoms with van der Waals surface area (Å²) in [6.45, 7) is 13.1. The van der Waals surface area contributed by atoms with E-state index in [1.807, 2.05) is 88.1 Å². The van der Waals surface area contributed by atoms with Crippen LogP contribution in [-0.2, 0) is 27.3 Å². The number of aromatic hydroxyl groups is 1. The molecule has 4 atom stereocenters. The average Bonchev–Trinajstić information content (AvgIpc) is 4.08. The highest BCUT2D eigenvalue weighted by atomic mass is 32.1. The van der Waals surface area contributed by atoms with Gasteiger partial charge in [0.2, 0.25) is 23.7 Å². The van der Waals surface area contributed by atoms with Crippen molar-refractivity contribution < 1.29 is 24.6 Å². The van der Waals surface area contributed by atoms with Crippen molar-refractivity contribution >= 4 is 46.0 Å². The number of amides is 3. The van der Waals surface area contributed by atoms with Crippen molar-refractivity contribution in [2.75, 3.05) is 31.1 Å². The normalized spacial score (nSPS) is 24.9. The fraction of sp³-hybridized carbons (Fsp3) is 0.491. The molecule has 4 aromatic heterocycles. The van der Waals surface area contributed by atoms with Gasteiger partial charge in [0.1, 0.15) is 17.8 Å². The number of phenolic OH excluding ortho intramolecular Hbond substituents is 1. The predicted octanol–water partition coefficient (Wildman–Crippen LogP) is 7.22. The molecule has 1 spiro atoms. The molecular formula is C55H65N11O5S. The lowest BCUT2D eigenvalue weighted by atomic mass is 9.49. The zero-order valence-electron chi connectivity index (χ0n) is 41.8. The number of benzene rings is 2. The number of para-hydroxylation sites is 1. The van der Waals surface area contributed by atoms with Gasteiger partial charge in [-0.25, -0.2) is 15.0 Å². The zero-order valence-corrected chi connectivity index (χ0v) is 42.6. The molecule has 4 fully saturated rings. The van der Waals surface area contributed by atoms with Crippen LogP contribution in [0.25, 0.3) is 32.7 Å². The van der Waals surface area contributed by atoms with Crippen LogP contribution in [0.5, 0.6) is 5.75 Å². The number of aromatic amines is 1. The number of phenols is 1. The molecule has 5 N–H and O–H groups in total. The maximum absolute atomic E-state index is 14.3. The molecule has 3 amide bonds. The fourth-order valence-corrected chi connectivity index (χ4v) is 13.3. The summed E-state index contributed by atoms with van der Waals surface area (Å²) < 4.78 is 0. The van der Waals surface area contributed by atoms with Crippen LogP contribution in [0.4, 0.5) is 5.95 Å². The number of hydrogen-bond donors (Lipinski definition) is 5. The molecule has 2 saturated heterocycles. The van der Waals surface area contributed by atoms with E-state index in [1.54, 1.807) is 23.5 Å². The number of carbonyl (C=O) groups is 3. The number of piperidine rings is 1. The lowest BCUT2D eigenvalue weighted by Gasteiger charge is -2.60. The highest BCUT2D eigenvalue weighted by Gasteiger charge is 2.57. The number of anilines is 1. The lowest BCUT2D eigenvalue weighted by molar-refractivity contribution is -0.150. The molecule has 0 bridgehead atoms. The van der Waals surface area contributed by atoms with Gasteiger partial charge in [-0.3, -0.25) is 14.4 Å². The van der Waals surface area contributed by atoms with Crippen LogP contribution in [0, 0.1) is 23.7 Å². The van der Waals surface area contributed by atoms with Gasteiger partial charge in [-0.15, -0.1) is 21.5 Å². The van der Waals surface area contributed by atoms with E-state index < -0.39 is 23.6 Å². The van der Waals surface area contributed by atoms with Crippen LogP contribution in [0.15, 0.2) is 72.5 Å². The third-order valence-corrected chi connectivity index (χ3v) is 17.5. The van der Waals surface area contributed by atoms with E-state index >= 15 is 0 Å². The quantitative estimate of drug-likeness (QED) is 0.0873. The van der Waals surface area contributed by atoms with Gasteiger partial charge in [-0.05, 0) is 117 Å². The van der Waals surface area contributed by atoms with Gasteiger partial charge in [0, 0.05) is 79.0 Å². The van der Waals surface area contributed by atoms with E-state index in [1.165, 1.54) is 10.5 Å². The molecule has 2 aromatic carbocycles. The maximum Gasteiger partial charge on any atom is 0.246 e. The number of H-pyrrole nitrogens is 1. The number of fused-ring (bicyclic) bond motifs is 3. The number of aromatic nitrogens is 6. The number of β-amino-alcohol motifs (C(OH)–C–C–N with tert-alkyl or cyclic N) is 1. The molecule has 0 radical (unpaired) electrons. The third kappa shape index (κ3) is 9.12. The number of nitrogens with one attached hydrogen (secondary N) is 3. The number of hydrogen-bond acceptors (Lipinski definition) is 13. The van der Waals surface area contributed by atoms with Crippen LogP contribution in [0.2, 0.25) is 0 Å². The first kappa shape index (κ1) is 48.0. The number of carbonyl (C=O) groups excluding carboxylic acids is 3. The second-order valence-corrected chi connectivity index (χ2v) is 23.2. The molecule has 376 valence electrons. The van der Waals surface area contributed by atoms with Gasteiger partial charge < -0.3 is 40.5 Å². The summed E-state index contributed by atoms with van der Waals surface area (Å²) in [6, 6.07) is 16.1. The Morgan fingerprint density at radius 2 is 1.68 bits per heavy atom. The van der Waals surface area contributed by atoms with Crippen LogP contribution in [0.1, 0.15) is 113 Å². The Labute approximate surface area is 424 Å². The first-order valence-electron chi connectivity index (χ1n) is 25.7. The molecule has 17 heteroatoms. The Hall–Kier alpha value is -6.30. The van der Waals surface area contributed by atoms with Crippen molar-refractivity contribution in [2.45, 2.75) is 129 Å². The molecule has 0 unspecified atom stereocenters. The highest BCUT2D eigenvalue weighted by molar-refractivity contribution is 7.13. The van der Waals surface area contributed by atoms with Crippen molar-refractivity contribution in [3.8, 4) is 27.4 Å². The van der Waals surface area contributed by atoms with E-state index in [-0.39, 0.29) is 53.8 Å². The number of aliphatic hydroxyl groups excluding tert-OH is 1. The number of aliphatic hydroxyl groups is 1. The summed E-state index contributed by atoms with van der Waals surface area (Å²) in [5.74, 6) is 0.393. The van der Waals surface area contributed by atoms with Gasteiger partial charge in [0.25, 0.3) is 0 Å². The molecule has 7 heterocycles. The lowest BCUT2D eigenvalue weighted by Crippen LogP contribution is -2.62.